The summed E-state index contributed by atoms with van der Waals surface area (Å²) in [6, 6.07) is 16.2. The first kappa shape index (κ1) is 19.7. The summed E-state index contributed by atoms with van der Waals surface area (Å²) < 4.78 is 5.39. The summed E-state index contributed by atoms with van der Waals surface area (Å²) in [5.74, 6) is 0.169. The van der Waals surface area contributed by atoms with Crippen molar-refractivity contribution in [3.05, 3.63) is 71.3 Å². The normalized spacial score (nSPS) is 12.7. The Balaban J connectivity index is 1.78. The van der Waals surface area contributed by atoms with Crippen LogP contribution < -0.4 is 0 Å². The predicted molar refractivity (Wildman–Crippen MR) is 111 cm³/mol. The Morgan fingerprint density at radius 3 is 2.29 bits per heavy atom. The predicted octanol–water partition coefficient (Wildman–Crippen LogP) is 5.55. The second-order valence-electron chi connectivity index (χ2n) is 8.17. The summed E-state index contributed by atoms with van der Waals surface area (Å²) in [6.45, 7) is 7.61. The molecule has 4 heteroatoms. The van der Waals surface area contributed by atoms with E-state index < -0.39 is 5.60 Å². The highest BCUT2D eigenvalue weighted by Gasteiger charge is 2.18. The van der Waals surface area contributed by atoms with E-state index in [0.717, 1.165) is 11.1 Å². The topological polar surface area (TPSA) is 66.8 Å². The quantitative estimate of drug-likeness (QED) is 0.584. The van der Waals surface area contributed by atoms with E-state index in [1.807, 2.05) is 45.0 Å². The van der Waals surface area contributed by atoms with Gasteiger partial charge in [0.15, 0.2) is 0 Å². The summed E-state index contributed by atoms with van der Waals surface area (Å²) in [7, 11) is 0. The molecule has 0 amide bonds. The van der Waals surface area contributed by atoms with E-state index in [9.17, 15) is 15.0 Å². The first-order valence-electron chi connectivity index (χ1n) is 9.41. The highest BCUT2D eigenvalue weighted by atomic mass is 16.6. The maximum absolute atomic E-state index is 12.2. The minimum atomic E-state index is -0.523. The molecule has 0 aliphatic heterocycles. The van der Waals surface area contributed by atoms with Crippen molar-refractivity contribution in [2.24, 2.45) is 0 Å². The van der Waals surface area contributed by atoms with Gasteiger partial charge in [-0.3, -0.25) is 0 Å². The number of phenols is 2. The van der Waals surface area contributed by atoms with Crippen molar-refractivity contribution in [1.82, 2.24) is 0 Å². The zero-order valence-corrected chi connectivity index (χ0v) is 16.7. The molecule has 1 unspecified atom stereocenters. The van der Waals surface area contributed by atoms with Crippen molar-refractivity contribution >= 4 is 16.7 Å². The Labute approximate surface area is 165 Å². The molecule has 146 valence electrons. The molecule has 0 radical (unpaired) electrons. The molecule has 1 atom stereocenters. The molecule has 0 saturated heterocycles. The fraction of sp³-hybridized carbons (Fsp3) is 0.292. The van der Waals surface area contributed by atoms with Crippen LogP contribution in [0.5, 0.6) is 11.5 Å². The third-order valence-electron chi connectivity index (χ3n) is 4.73. The van der Waals surface area contributed by atoms with Gasteiger partial charge in [0.1, 0.15) is 17.1 Å². The molecular weight excluding hydrogens is 352 g/mol. The van der Waals surface area contributed by atoms with E-state index >= 15 is 0 Å². The van der Waals surface area contributed by atoms with E-state index in [-0.39, 0.29) is 23.4 Å². The van der Waals surface area contributed by atoms with Crippen molar-refractivity contribution in [2.75, 3.05) is 0 Å². The maximum Gasteiger partial charge on any atom is 0.338 e. The van der Waals surface area contributed by atoms with Crippen LogP contribution in [0.1, 0.15) is 55.1 Å². The minimum absolute atomic E-state index is 0.147. The Morgan fingerprint density at radius 1 is 0.964 bits per heavy atom. The number of aromatic hydroxyl groups is 2. The van der Waals surface area contributed by atoms with Gasteiger partial charge in [0.25, 0.3) is 0 Å². The highest BCUT2D eigenvalue weighted by molar-refractivity contribution is 5.93. The van der Waals surface area contributed by atoms with Crippen molar-refractivity contribution in [3.63, 3.8) is 0 Å². The molecule has 0 aliphatic rings. The Bertz CT molecular complexity index is 998. The highest BCUT2D eigenvalue weighted by Crippen LogP contribution is 2.35. The third kappa shape index (κ3) is 4.28. The molecular formula is C24H26O4. The minimum Gasteiger partial charge on any atom is -0.507 e. The number of hydrogen-bond donors (Lipinski definition) is 2. The summed E-state index contributed by atoms with van der Waals surface area (Å²) in [5.41, 5.74) is 1.89. The van der Waals surface area contributed by atoms with Gasteiger partial charge in [-0.15, -0.1) is 0 Å². The van der Waals surface area contributed by atoms with Crippen LogP contribution in [0.15, 0.2) is 54.6 Å². The molecule has 3 aromatic rings. The van der Waals surface area contributed by atoms with Gasteiger partial charge >= 0.3 is 5.97 Å². The van der Waals surface area contributed by atoms with Crippen LogP contribution in [-0.4, -0.2) is 21.8 Å². The first-order valence-corrected chi connectivity index (χ1v) is 9.41. The molecule has 0 fully saturated rings. The van der Waals surface area contributed by atoms with Gasteiger partial charge < -0.3 is 14.9 Å². The number of rotatable bonds is 4. The Morgan fingerprint density at radius 2 is 1.64 bits per heavy atom. The van der Waals surface area contributed by atoms with E-state index in [4.69, 9.17) is 4.74 Å². The third-order valence-corrected chi connectivity index (χ3v) is 4.73. The van der Waals surface area contributed by atoms with E-state index in [0.29, 0.717) is 22.8 Å². The molecule has 0 aromatic heterocycles. The molecule has 0 aliphatic carbocycles. The average Bonchev–Trinajstić information content (AvgIpc) is 2.63. The number of hydrogen-bond acceptors (Lipinski definition) is 4. The number of carbonyl (C=O) groups is 1. The van der Waals surface area contributed by atoms with Crippen molar-refractivity contribution < 1.29 is 19.7 Å². The second kappa shape index (κ2) is 7.55. The van der Waals surface area contributed by atoms with Gasteiger partial charge in [-0.2, -0.15) is 0 Å². The van der Waals surface area contributed by atoms with E-state index in [2.05, 4.69) is 6.92 Å². The van der Waals surface area contributed by atoms with Gasteiger partial charge in [0.2, 0.25) is 0 Å². The van der Waals surface area contributed by atoms with Crippen LogP contribution in [0.4, 0.5) is 0 Å². The van der Waals surface area contributed by atoms with Gasteiger partial charge in [0, 0.05) is 10.8 Å². The molecule has 0 bridgehead atoms. The van der Waals surface area contributed by atoms with Crippen molar-refractivity contribution in [3.8, 4) is 11.5 Å². The van der Waals surface area contributed by atoms with Gasteiger partial charge in [-0.25, -0.2) is 4.79 Å². The maximum atomic E-state index is 12.2. The SMILES string of the molecule is CC(Cc1ccc2c(O)cccc2c1O)c1ccc(C(=O)OC(C)(C)C)cc1. The summed E-state index contributed by atoms with van der Waals surface area (Å²) in [4.78, 5) is 12.2. The van der Waals surface area contributed by atoms with Crippen LogP contribution in [-0.2, 0) is 11.2 Å². The number of phenolic OH excluding ortho intramolecular Hbond substituents is 2. The second-order valence-corrected chi connectivity index (χ2v) is 8.17. The monoisotopic (exact) mass is 378 g/mol. The lowest BCUT2D eigenvalue weighted by molar-refractivity contribution is 0.00695. The molecule has 0 heterocycles. The molecule has 3 aromatic carbocycles. The Hall–Kier alpha value is -3.01. The number of ether oxygens (including phenoxy) is 1. The summed E-state index contributed by atoms with van der Waals surface area (Å²) in [5, 5.41) is 21.8. The molecule has 0 spiro atoms. The summed E-state index contributed by atoms with van der Waals surface area (Å²) in [6.07, 6.45) is 0.642. The van der Waals surface area contributed by atoms with E-state index in [1.54, 1.807) is 30.3 Å². The number of benzene rings is 3. The van der Waals surface area contributed by atoms with Crippen LogP contribution in [0.3, 0.4) is 0 Å². The Kier molecular flexibility index (Phi) is 5.32. The first-order chi connectivity index (χ1) is 13.2. The van der Waals surface area contributed by atoms with Gasteiger partial charge in [-0.05, 0) is 62.4 Å². The van der Waals surface area contributed by atoms with Crippen molar-refractivity contribution in [2.45, 2.75) is 45.6 Å². The van der Waals surface area contributed by atoms with Crippen LogP contribution in [0, 0.1) is 0 Å². The number of carbonyl (C=O) groups excluding carboxylic acids is 1. The fourth-order valence-electron chi connectivity index (χ4n) is 3.27. The smallest absolute Gasteiger partial charge is 0.338 e. The number of fused-ring (bicyclic) bond motifs is 1. The lowest BCUT2D eigenvalue weighted by Crippen LogP contribution is -2.23. The molecule has 0 saturated carbocycles. The molecule has 2 N–H and O–H groups in total. The average molecular weight is 378 g/mol. The van der Waals surface area contributed by atoms with Gasteiger partial charge in [0.05, 0.1) is 5.56 Å². The van der Waals surface area contributed by atoms with Crippen LogP contribution in [0.2, 0.25) is 0 Å². The van der Waals surface area contributed by atoms with Crippen LogP contribution >= 0.6 is 0 Å². The summed E-state index contributed by atoms with van der Waals surface area (Å²) >= 11 is 0. The lowest BCUT2D eigenvalue weighted by Gasteiger charge is -2.20. The zero-order chi connectivity index (χ0) is 20.5. The number of esters is 1. The largest absolute Gasteiger partial charge is 0.507 e. The zero-order valence-electron chi connectivity index (χ0n) is 16.7. The molecule has 28 heavy (non-hydrogen) atoms. The molecule has 4 nitrogen and oxygen atoms in total. The van der Waals surface area contributed by atoms with Crippen molar-refractivity contribution in [1.29, 1.82) is 0 Å². The van der Waals surface area contributed by atoms with Gasteiger partial charge in [-0.1, -0.05) is 43.3 Å². The van der Waals surface area contributed by atoms with E-state index in [1.165, 1.54) is 0 Å². The standard InChI is InChI=1S/C24H26O4/c1-15(16-8-10-17(11-9-16)23(27)28-24(2,3)4)14-18-12-13-19-20(22(18)26)6-5-7-21(19)25/h5-13,15,25-26H,14H2,1-4H3. The molecule has 3 rings (SSSR count). The van der Waals surface area contributed by atoms with Crippen LogP contribution in [0.25, 0.3) is 10.8 Å². The lowest BCUT2D eigenvalue weighted by atomic mass is 9.91. The fourth-order valence-corrected chi connectivity index (χ4v) is 3.27.